The number of aliphatic hydroxyl groups excluding tert-OH is 1. The molecule has 1 aromatic heterocycles. The molecule has 0 spiro atoms. The molecule has 3 N–H and O–H groups in total. The largest absolute Gasteiger partial charge is 0.394 e. The highest BCUT2D eigenvalue weighted by molar-refractivity contribution is 5.45. The molecule has 2 atom stereocenters. The Balaban J connectivity index is 2.32. The first-order valence-corrected chi connectivity index (χ1v) is 7.24. The van der Waals surface area contributed by atoms with Gasteiger partial charge in [-0.2, -0.15) is 15.0 Å². The number of aliphatic hydroxyl groups is 1. The summed E-state index contributed by atoms with van der Waals surface area (Å²) in [4.78, 5) is 17.1. The minimum Gasteiger partial charge on any atom is -0.394 e. The van der Waals surface area contributed by atoms with Crippen molar-refractivity contribution in [2.24, 2.45) is 5.92 Å². The zero-order chi connectivity index (χ0) is 14.7. The van der Waals surface area contributed by atoms with E-state index in [1.165, 1.54) is 0 Å². The van der Waals surface area contributed by atoms with Gasteiger partial charge in [0.15, 0.2) is 0 Å². The van der Waals surface area contributed by atoms with E-state index < -0.39 is 0 Å². The fourth-order valence-corrected chi connectivity index (χ4v) is 2.68. The van der Waals surface area contributed by atoms with Crippen LogP contribution in [0.4, 0.5) is 17.8 Å². The van der Waals surface area contributed by atoms with Crippen LogP contribution >= 0.6 is 0 Å². The van der Waals surface area contributed by atoms with Crippen molar-refractivity contribution in [1.29, 1.82) is 0 Å². The predicted octanol–water partition coefficient (Wildman–Crippen LogP) is 0.507. The molecule has 0 aromatic carbocycles. The maximum atomic E-state index is 9.55. The van der Waals surface area contributed by atoms with Crippen LogP contribution in [0.15, 0.2) is 0 Å². The van der Waals surface area contributed by atoms with Gasteiger partial charge in [-0.15, -0.1) is 0 Å². The summed E-state index contributed by atoms with van der Waals surface area (Å²) in [6, 6.07) is 0.0568. The minimum atomic E-state index is 0.0568. The van der Waals surface area contributed by atoms with Crippen molar-refractivity contribution in [2.45, 2.75) is 33.2 Å². The van der Waals surface area contributed by atoms with Crippen molar-refractivity contribution >= 4 is 17.8 Å². The highest BCUT2D eigenvalue weighted by atomic mass is 16.3. The molecule has 112 valence electrons. The first-order chi connectivity index (χ1) is 9.60. The number of nitrogens with zero attached hydrogens (tertiary/aromatic N) is 5. The molecular formula is C13H24N6O. The van der Waals surface area contributed by atoms with Crippen LogP contribution in [0.2, 0.25) is 0 Å². The van der Waals surface area contributed by atoms with E-state index in [2.05, 4.69) is 35.7 Å². The van der Waals surface area contributed by atoms with Crippen LogP contribution in [0.3, 0.4) is 0 Å². The monoisotopic (exact) mass is 280 g/mol. The number of aromatic nitrogens is 3. The van der Waals surface area contributed by atoms with Gasteiger partial charge in [0.1, 0.15) is 0 Å². The van der Waals surface area contributed by atoms with Crippen molar-refractivity contribution in [3.63, 3.8) is 0 Å². The number of anilines is 3. The molecule has 1 saturated heterocycles. The van der Waals surface area contributed by atoms with Crippen molar-refractivity contribution in [3.05, 3.63) is 0 Å². The molecule has 0 amide bonds. The molecule has 0 radical (unpaired) electrons. The quantitative estimate of drug-likeness (QED) is 0.811. The van der Waals surface area contributed by atoms with E-state index in [0.717, 1.165) is 26.1 Å². The maximum Gasteiger partial charge on any atom is 0.232 e. The van der Waals surface area contributed by atoms with Crippen LogP contribution in [0.1, 0.15) is 27.2 Å². The van der Waals surface area contributed by atoms with Crippen molar-refractivity contribution < 1.29 is 5.11 Å². The SMILES string of the molecule is CCN(CC)c1nc(N)nc(N2CCC(C)C2CO)n1. The molecule has 1 aliphatic heterocycles. The molecule has 2 heterocycles. The normalized spacial score (nSPS) is 22.3. The molecule has 0 aliphatic carbocycles. The molecule has 2 unspecified atom stereocenters. The Hall–Kier alpha value is -1.63. The lowest BCUT2D eigenvalue weighted by molar-refractivity contribution is 0.244. The summed E-state index contributed by atoms with van der Waals surface area (Å²) in [5.41, 5.74) is 5.82. The summed E-state index contributed by atoms with van der Waals surface area (Å²) in [6.07, 6.45) is 1.03. The lowest BCUT2D eigenvalue weighted by atomic mass is 10.0. The van der Waals surface area contributed by atoms with E-state index in [1.54, 1.807) is 0 Å². The van der Waals surface area contributed by atoms with Gasteiger partial charge in [0.25, 0.3) is 0 Å². The van der Waals surface area contributed by atoms with Gasteiger partial charge in [0, 0.05) is 19.6 Å². The van der Waals surface area contributed by atoms with Crippen LogP contribution in [-0.2, 0) is 0 Å². The van der Waals surface area contributed by atoms with Gasteiger partial charge in [0.05, 0.1) is 12.6 Å². The first-order valence-electron chi connectivity index (χ1n) is 7.24. The van der Waals surface area contributed by atoms with E-state index in [-0.39, 0.29) is 18.6 Å². The average Bonchev–Trinajstić information content (AvgIpc) is 2.80. The highest BCUT2D eigenvalue weighted by Crippen LogP contribution is 2.28. The number of hydrogen-bond donors (Lipinski definition) is 2. The molecule has 1 fully saturated rings. The minimum absolute atomic E-state index is 0.0568. The third-order valence-electron chi connectivity index (χ3n) is 4.00. The van der Waals surface area contributed by atoms with Crippen LogP contribution in [0, 0.1) is 5.92 Å². The van der Waals surface area contributed by atoms with E-state index >= 15 is 0 Å². The zero-order valence-electron chi connectivity index (χ0n) is 12.5. The van der Waals surface area contributed by atoms with Gasteiger partial charge in [0.2, 0.25) is 17.8 Å². The van der Waals surface area contributed by atoms with Gasteiger partial charge in [-0.25, -0.2) is 0 Å². The molecule has 20 heavy (non-hydrogen) atoms. The van der Waals surface area contributed by atoms with Crippen LogP contribution < -0.4 is 15.5 Å². The fraction of sp³-hybridized carbons (Fsp3) is 0.769. The van der Waals surface area contributed by atoms with Crippen molar-refractivity contribution in [1.82, 2.24) is 15.0 Å². The van der Waals surface area contributed by atoms with E-state index in [9.17, 15) is 5.11 Å². The fourth-order valence-electron chi connectivity index (χ4n) is 2.68. The second-order valence-corrected chi connectivity index (χ2v) is 5.18. The lowest BCUT2D eigenvalue weighted by Gasteiger charge is -2.26. The summed E-state index contributed by atoms with van der Waals surface area (Å²) in [5.74, 6) is 1.83. The van der Waals surface area contributed by atoms with E-state index in [4.69, 9.17) is 5.73 Å². The zero-order valence-corrected chi connectivity index (χ0v) is 12.5. The van der Waals surface area contributed by atoms with Gasteiger partial charge in [-0.05, 0) is 26.2 Å². The summed E-state index contributed by atoms with van der Waals surface area (Å²) < 4.78 is 0. The topological polar surface area (TPSA) is 91.4 Å². The molecule has 0 bridgehead atoms. The molecule has 7 heteroatoms. The second-order valence-electron chi connectivity index (χ2n) is 5.18. The number of nitrogens with two attached hydrogens (primary N) is 1. The van der Waals surface area contributed by atoms with Gasteiger partial charge in [-0.3, -0.25) is 0 Å². The standard InChI is InChI=1S/C13H24N6O/c1-4-18(5-2)12-15-11(14)16-13(17-12)19-7-6-9(3)10(19)8-20/h9-10,20H,4-8H2,1-3H3,(H2,14,15,16,17). The number of nitrogen functional groups attached to an aromatic ring is 1. The van der Waals surface area contributed by atoms with Gasteiger partial charge < -0.3 is 20.6 Å². The summed E-state index contributed by atoms with van der Waals surface area (Å²) >= 11 is 0. The van der Waals surface area contributed by atoms with Crippen molar-refractivity contribution in [3.8, 4) is 0 Å². The Morgan fingerprint density at radius 1 is 1.30 bits per heavy atom. The molecular weight excluding hydrogens is 256 g/mol. The van der Waals surface area contributed by atoms with Crippen molar-refractivity contribution in [2.75, 3.05) is 41.8 Å². The van der Waals surface area contributed by atoms with Gasteiger partial charge in [-0.1, -0.05) is 6.92 Å². The summed E-state index contributed by atoms with van der Waals surface area (Å²) in [6.45, 7) is 8.82. The second kappa shape index (κ2) is 6.21. The van der Waals surface area contributed by atoms with Gasteiger partial charge >= 0.3 is 0 Å². The Morgan fingerprint density at radius 2 is 2.00 bits per heavy atom. The van der Waals surface area contributed by atoms with E-state index in [1.807, 2.05) is 9.80 Å². The van der Waals surface area contributed by atoms with Crippen LogP contribution in [-0.4, -0.2) is 52.3 Å². The Morgan fingerprint density at radius 3 is 2.60 bits per heavy atom. The van der Waals surface area contributed by atoms with E-state index in [0.29, 0.717) is 17.8 Å². The summed E-state index contributed by atoms with van der Waals surface area (Å²) in [5, 5.41) is 9.55. The van der Waals surface area contributed by atoms with Crippen LogP contribution in [0.25, 0.3) is 0 Å². The Kier molecular flexibility index (Phi) is 4.59. The third kappa shape index (κ3) is 2.77. The first kappa shape index (κ1) is 14.8. The maximum absolute atomic E-state index is 9.55. The van der Waals surface area contributed by atoms with Crippen LogP contribution in [0.5, 0.6) is 0 Å². The molecule has 0 saturated carbocycles. The number of rotatable bonds is 5. The molecule has 1 aliphatic rings. The lowest BCUT2D eigenvalue weighted by Crippen LogP contribution is -2.37. The summed E-state index contributed by atoms with van der Waals surface area (Å²) in [7, 11) is 0. The molecule has 1 aromatic rings. The third-order valence-corrected chi connectivity index (χ3v) is 4.00. The number of hydrogen-bond acceptors (Lipinski definition) is 7. The Bertz CT molecular complexity index is 450. The smallest absolute Gasteiger partial charge is 0.232 e. The predicted molar refractivity (Wildman–Crippen MR) is 79.8 cm³/mol. The average molecular weight is 280 g/mol. The molecule has 7 nitrogen and oxygen atoms in total. The Labute approximate surface area is 119 Å². The molecule has 2 rings (SSSR count). The highest BCUT2D eigenvalue weighted by Gasteiger charge is 2.32.